The summed E-state index contributed by atoms with van der Waals surface area (Å²) in [5.74, 6) is 0.544. The number of nitrogens with zero attached hydrogens (tertiary/aromatic N) is 3. The molecular formula is C18H18N6O3S. The van der Waals surface area contributed by atoms with Gasteiger partial charge in [-0.3, -0.25) is 20.0 Å². The fourth-order valence-corrected chi connectivity index (χ4v) is 2.97. The lowest BCUT2D eigenvalue weighted by atomic mass is 10.2. The molecule has 1 heterocycles. The topological polar surface area (TPSA) is 126 Å². The molecule has 0 saturated carbocycles. The van der Waals surface area contributed by atoms with Gasteiger partial charge in [0.15, 0.2) is 0 Å². The molecule has 0 atom stereocenters. The number of rotatable bonds is 8. The number of hydrogen-bond acceptors (Lipinski definition) is 7. The summed E-state index contributed by atoms with van der Waals surface area (Å²) in [5.41, 5.74) is 2.63. The zero-order valence-electron chi connectivity index (χ0n) is 15.0. The van der Waals surface area contributed by atoms with Gasteiger partial charge in [0.05, 0.1) is 17.2 Å². The number of aromatic nitrogens is 3. The minimum Gasteiger partial charge on any atom is -0.378 e. The van der Waals surface area contributed by atoms with Crippen molar-refractivity contribution in [2.24, 2.45) is 0 Å². The smallest absolute Gasteiger partial charge is 0.269 e. The van der Waals surface area contributed by atoms with Crippen molar-refractivity contribution in [3.63, 3.8) is 0 Å². The number of amides is 1. The number of carbonyl (C=O) groups is 1. The zero-order chi connectivity index (χ0) is 19.9. The van der Waals surface area contributed by atoms with Crippen LogP contribution in [0.15, 0.2) is 53.7 Å². The lowest BCUT2D eigenvalue weighted by Crippen LogP contribution is -2.14. The van der Waals surface area contributed by atoms with Crippen molar-refractivity contribution >= 4 is 34.7 Å². The van der Waals surface area contributed by atoms with E-state index in [1.54, 1.807) is 0 Å². The van der Waals surface area contributed by atoms with E-state index in [1.807, 2.05) is 31.2 Å². The second-order valence-corrected chi connectivity index (χ2v) is 6.87. The molecule has 1 amide bonds. The van der Waals surface area contributed by atoms with Crippen LogP contribution in [-0.2, 0) is 11.3 Å². The van der Waals surface area contributed by atoms with Gasteiger partial charge in [-0.2, -0.15) is 0 Å². The molecule has 1 aromatic heterocycles. The maximum Gasteiger partial charge on any atom is 0.269 e. The Morgan fingerprint density at radius 3 is 2.71 bits per heavy atom. The molecule has 3 N–H and O–H groups in total. The molecule has 0 aliphatic carbocycles. The molecule has 144 valence electrons. The highest BCUT2D eigenvalue weighted by molar-refractivity contribution is 7.99. The maximum atomic E-state index is 12.0. The number of thioether (sulfide) groups is 1. The van der Waals surface area contributed by atoms with Crippen LogP contribution in [0.5, 0.6) is 0 Å². The lowest BCUT2D eigenvalue weighted by molar-refractivity contribution is -0.384. The number of benzene rings is 2. The number of nitro benzene ring substituents is 1. The molecule has 0 saturated heterocycles. The molecule has 28 heavy (non-hydrogen) atoms. The maximum absolute atomic E-state index is 12.0. The van der Waals surface area contributed by atoms with E-state index in [0.717, 1.165) is 11.3 Å². The molecule has 9 nitrogen and oxygen atoms in total. The average Bonchev–Trinajstić information content (AvgIpc) is 3.13. The number of nitrogens with one attached hydrogen (secondary N) is 3. The molecular weight excluding hydrogens is 380 g/mol. The van der Waals surface area contributed by atoms with Crippen molar-refractivity contribution in [2.45, 2.75) is 18.6 Å². The molecule has 2 aromatic carbocycles. The molecule has 10 heteroatoms. The van der Waals surface area contributed by atoms with E-state index in [4.69, 9.17) is 0 Å². The van der Waals surface area contributed by atoms with E-state index in [9.17, 15) is 14.9 Å². The predicted molar refractivity (Wildman–Crippen MR) is 107 cm³/mol. The summed E-state index contributed by atoms with van der Waals surface area (Å²) in [7, 11) is 0. The van der Waals surface area contributed by atoms with Crippen molar-refractivity contribution in [2.75, 3.05) is 16.4 Å². The first-order valence-corrected chi connectivity index (χ1v) is 9.37. The van der Waals surface area contributed by atoms with Gasteiger partial charge >= 0.3 is 0 Å². The highest BCUT2D eigenvalue weighted by Gasteiger charge is 2.09. The van der Waals surface area contributed by atoms with Crippen LogP contribution in [0, 0.1) is 17.0 Å². The van der Waals surface area contributed by atoms with E-state index in [-0.39, 0.29) is 17.3 Å². The van der Waals surface area contributed by atoms with Crippen molar-refractivity contribution in [1.29, 1.82) is 0 Å². The van der Waals surface area contributed by atoms with Crippen molar-refractivity contribution in [3.8, 4) is 0 Å². The highest BCUT2D eigenvalue weighted by atomic mass is 32.2. The van der Waals surface area contributed by atoms with Gasteiger partial charge in [-0.1, -0.05) is 23.9 Å². The number of aryl methyl sites for hydroxylation is 1. The molecule has 0 radical (unpaired) electrons. The standard InChI is InChI=1S/C18H18N6O3S/c1-12-3-2-4-14(9-12)19-10-16-21-18(23-22-16)28-11-17(25)20-13-5-7-15(8-6-13)24(26)27/h2-9,19H,10-11H2,1H3,(H,20,25)(H,21,22,23). The SMILES string of the molecule is Cc1cccc(NCc2nc(SCC(=O)Nc3ccc([N+](=O)[O-])cc3)n[nH]2)c1. The fourth-order valence-electron chi connectivity index (χ4n) is 2.36. The van der Waals surface area contributed by atoms with Crippen LogP contribution in [0.4, 0.5) is 17.1 Å². The summed E-state index contributed by atoms with van der Waals surface area (Å²) in [6, 6.07) is 13.7. The van der Waals surface area contributed by atoms with Crippen LogP contribution >= 0.6 is 11.8 Å². The average molecular weight is 398 g/mol. The minimum atomic E-state index is -0.490. The Kier molecular flexibility index (Phi) is 6.22. The lowest BCUT2D eigenvalue weighted by Gasteiger charge is -2.04. The number of H-pyrrole nitrogens is 1. The molecule has 0 spiro atoms. The molecule has 0 fully saturated rings. The Hall–Kier alpha value is -3.40. The third kappa shape index (κ3) is 5.55. The summed E-state index contributed by atoms with van der Waals surface area (Å²) in [6.45, 7) is 2.52. The van der Waals surface area contributed by atoms with Crippen molar-refractivity contribution in [3.05, 3.63) is 70.0 Å². The van der Waals surface area contributed by atoms with Gasteiger partial charge in [-0.05, 0) is 36.8 Å². The first-order chi connectivity index (χ1) is 13.5. The Labute approximate surface area is 165 Å². The largest absolute Gasteiger partial charge is 0.378 e. The molecule has 3 aromatic rings. The summed E-state index contributed by atoms with van der Waals surface area (Å²) < 4.78 is 0. The first kappa shape index (κ1) is 19.4. The van der Waals surface area contributed by atoms with Crippen LogP contribution in [0.1, 0.15) is 11.4 Å². The minimum absolute atomic E-state index is 0.0279. The van der Waals surface area contributed by atoms with Gasteiger partial charge in [0, 0.05) is 23.5 Å². The number of carbonyl (C=O) groups excluding carboxylic acids is 1. The second kappa shape index (κ2) is 9.00. The highest BCUT2D eigenvalue weighted by Crippen LogP contribution is 2.17. The molecule has 0 unspecified atom stereocenters. The van der Waals surface area contributed by atoms with Gasteiger partial charge in [0.25, 0.3) is 5.69 Å². The molecule has 0 bridgehead atoms. The number of non-ortho nitro benzene ring substituents is 1. The zero-order valence-corrected chi connectivity index (χ0v) is 15.8. The van der Waals surface area contributed by atoms with Gasteiger partial charge in [0.1, 0.15) is 5.82 Å². The quantitative estimate of drug-likeness (QED) is 0.302. The van der Waals surface area contributed by atoms with Crippen molar-refractivity contribution < 1.29 is 9.72 Å². The third-order valence-corrected chi connectivity index (χ3v) is 4.53. The van der Waals surface area contributed by atoms with Crippen LogP contribution < -0.4 is 10.6 Å². The van der Waals surface area contributed by atoms with Crippen LogP contribution in [0.3, 0.4) is 0 Å². The normalized spacial score (nSPS) is 10.5. The van der Waals surface area contributed by atoms with Crippen molar-refractivity contribution in [1.82, 2.24) is 15.2 Å². The van der Waals surface area contributed by atoms with Crippen LogP contribution in [-0.4, -0.2) is 31.8 Å². The number of anilines is 2. The molecule has 3 rings (SSSR count). The van der Waals surface area contributed by atoms with E-state index < -0.39 is 4.92 Å². The van der Waals surface area contributed by atoms with E-state index in [0.29, 0.717) is 23.2 Å². The number of nitro groups is 1. The summed E-state index contributed by atoms with van der Waals surface area (Å²) in [5, 5.41) is 24.0. The van der Waals surface area contributed by atoms with E-state index in [1.165, 1.54) is 36.0 Å². The third-order valence-electron chi connectivity index (χ3n) is 3.68. The predicted octanol–water partition coefficient (Wildman–Crippen LogP) is 3.36. The fraction of sp³-hybridized carbons (Fsp3) is 0.167. The summed E-state index contributed by atoms with van der Waals surface area (Å²) in [4.78, 5) is 26.5. The van der Waals surface area contributed by atoms with Gasteiger partial charge in [0.2, 0.25) is 11.1 Å². The van der Waals surface area contributed by atoms with E-state index >= 15 is 0 Å². The Morgan fingerprint density at radius 2 is 2.00 bits per heavy atom. The second-order valence-electron chi connectivity index (χ2n) is 5.93. The Bertz CT molecular complexity index is 973. The van der Waals surface area contributed by atoms with Crippen LogP contribution in [0.2, 0.25) is 0 Å². The molecule has 0 aliphatic rings. The summed E-state index contributed by atoms with van der Waals surface area (Å²) >= 11 is 1.20. The van der Waals surface area contributed by atoms with Crippen LogP contribution in [0.25, 0.3) is 0 Å². The van der Waals surface area contributed by atoms with Gasteiger partial charge in [-0.25, -0.2) is 4.98 Å². The first-order valence-electron chi connectivity index (χ1n) is 8.38. The monoisotopic (exact) mass is 398 g/mol. The summed E-state index contributed by atoms with van der Waals surface area (Å²) in [6.07, 6.45) is 0. The number of aromatic amines is 1. The molecule has 0 aliphatic heterocycles. The number of hydrogen-bond donors (Lipinski definition) is 3. The van der Waals surface area contributed by atoms with Gasteiger partial charge in [-0.15, -0.1) is 5.10 Å². The Morgan fingerprint density at radius 1 is 1.21 bits per heavy atom. The Balaban J connectivity index is 1.45. The van der Waals surface area contributed by atoms with E-state index in [2.05, 4.69) is 25.8 Å². The van der Waals surface area contributed by atoms with Gasteiger partial charge < -0.3 is 10.6 Å².